The van der Waals surface area contributed by atoms with Gasteiger partial charge in [0.1, 0.15) is 18.1 Å². The molecule has 0 aliphatic heterocycles. The molecule has 0 aliphatic rings. The number of esters is 2. The highest BCUT2D eigenvalue weighted by atomic mass is 19.4. The van der Waals surface area contributed by atoms with Crippen LogP contribution in [0.15, 0.2) is 109 Å². The van der Waals surface area contributed by atoms with Crippen LogP contribution >= 0.6 is 0 Å². The fourth-order valence-electron chi connectivity index (χ4n) is 5.31. The molecule has 0 aromatic heterocycles. The van der Waals surface area contributed by atoms with Crippen molar-refractivity contribution in [2.75, 3.05) is 31.7 Å². The molecule has 50 heavy (non-hydrogen) atoms. The second-order valence-corrected chi connectivity index (χ2v) is 11.0. The summed E-state index contributed by atoms with van der Waals surface area (Å²) in [6.45, 7) is 9.30. The Morgan fingerprint density at radius 3 is 2.04 bits per heavy atom. The molecule has 0 radical (unpaired) electrons. The monoisotopic (exact) mass is 689 g/mol. The highest BCUT2D eigenvalue weighted by Gasteiger charge is 2.47. The van der Waals surface area contributed by atoms with Gasteiger partial charge in [-0.15, -0.1) is 0 Å². The van der Waals surface area contributed by atoms with E-state index in [0.717, 1.165) is 12.1 Å². The molecule has 0 heterocycles. The number of hydrogen-bond donors (Lipinski definition) is 1. The van der Waals surface area contributed by atoms with E-state index in [1.165, 1.54) is 12.1 Å². The first-order valence-electron chi connectivity index (χ1n) is 16.0. The molecule has 0 saturated heterocycles. The van der Waals surface area contributed by atoms with Crippen LogP contribution in [-0.2, 0) is 41.8 Å². The average Bonchev–Trinajstić information content (AvgIpc) is 3.10. The summed E-state index contributed by atoms with van der Waals surface area (Å²) in [5, 5.41) is 2.81. The SMILES string of the molecule is C=C(OCC)C(COC(=O)Cc1ccc(NC(=O)c2ccccc2-c2ccc(C(F)(F)F)cc2)c(OCC)c1)(C(=O)OCC)c1ccccc1. The molecular weight excluding hydrogens is 651 g/mol. The van der Waals surface area contributed by atoms with Crippen molar-refractivity contribution >= 4 is 23.5 Å². The number of anilines is 1. The largest absolute Gasteiger partial charge is 0.497 e. The molecular formula is C39H38F3NO7. The van der Waals surface area contributed by atoms with Crippen molar-refractivity contribution in [3.8, 4) is 16.9 Å². The van der Waals surface area contributed by atoms with Crippen LogP contribution in [0.4, 0.5) is 18.9 Å². The average molecular weight is 690 g/mol. The number of benzene rings is 4. The quantitative estimate of drug-likeness (QED) is 0.0993. The van der Waals surface area contributed by atoms with Crippen molar-refractivity contribution in [1.82, 2.24) is 0 Å². The fraction of sp³-hybridized carbons (Fsp3) is 0.256. The smallest absolute Gasteiger partial charge is 0.416 e. The zero-order valence-corrected chi connectivity index (χ0v) is 28.0. The van der Waals surface area contributed by atoms with E-state index < -0.39 is 41.6 Å². The molecule has 262 valence electrons. The van der Waals surface area contributed by atoms with Gasteiger partial charge in [-0.3, -0.25) is 14.4 Å². The van der Waals surface area contributed by atoms with Crippen molar-refractivity contribution in [3.05, 3.63) is 132 Å². The lowest BCUT2D eigenvalue weighted by Gasteiger charge is -2.32. The molecule has 4 aromatic carbocycles. The van der Waals surface area contributed by atoms with Gasteiger partial charge in [0.15, 0.2) is 5.41 Å². The molecule has 4 aromatic rings. The van der Waals surface area contributed by atoms with Gasteiger partial charge in [0.25, 0.3) is 5.91 Å². The van der Waals surface area contributed by atoms with Crippen molar-refractivity contribution in [3.63, 3.8) is 0 Å². The van der Waals surface area contributed by atoms with Gasteiger partial charge in [-0.05, 0) is 73.4 Å². The molecule has 8 nitrogen and oxygen atoms in total. The second kappa shape index (κ2) is 16.7. The Hall–Kier alpha value is -5.58. The van der Waals surface area contributed by atoms with Crippen molar-refractivity contribution in [2.24, 2.45) is 0 Å². The van der Waals surface area contributed by atoms with Crippen LogP contribution in [0.2, 0.25) is 0 Å². The minimum atomic E-state index is -4.48. The maximum absolute atomic E-state index is 13.5. The normalized spacial score (nSPS) is 12.3. The zero-order chi connectivity index (χ0) is 36.3. The van der Waals surface area contributed by atoms with E-state index >= 15 is 0 Å². The summed E-state index contributed by atoms with van der Waals surface area (Å²) in [6.07, 6.45) is -4.68. The van der Waals surface area contributed by atoms with E-state index in [1.54, 1.807) is 93.6 Å². The summed E-state index contributed by atoms with van der Waals surface area (Å²) >= 11 is 0. The topological polar surface area (TPSA) is 100 Å². The molecule has 0 saturated carbocycles. The van der Waals surface area contributed by atoms with E-state index in [4.69, 9.17) is 18.9 Å². The standard InChI is InChI=1S/C39H38F3NO7/c1-5-47-26(4)38(37(46)49-7-3,29-13-9-8-10-14-29)25-50-35(44)24-27-17-22-33(34(23-27)48-6-2)43-36(45)32-16-12-11-15-31(32)28-18-20-30(21-19-28)39(40,41)42/h8-23H,4-7,24-25H2,1-3H3,(H,43,45). The number of rotatable bonds is 15. The minimum Gasteiger partial charge on any atom is -0.497 e. The predicted molar refractivity (Wildman–Crippen MR) is 183 cm³/mol. The van der Waals surface area contributed by atoms with Crippen LogP contribution < -0.4 is 10.1 Å². The molecule has 1 N–H and O–H groups in total. The van der Waals surface area contributed by atoms with Gasteiger partial charge in [0.2, 0.25) is 0 Å². The Morgan fingerprint density at radius 1 is 0.740 bits per heavy atom. The van der Waals surface area contributed by atoms with Crippen LogP contribution in [-0.4, -0.2) is 44.3 Å². The molecule has 1 unspecified atom stereocenters. The Bertz CT molecular complexity index is 1790. The molecule has 1 amide bonds. The number of carbonyl (C=O) groups excluding carboxylic acids is 3. The van der Waals surface area contributed by atoms with Gasteiger partial charge in [-0.2, -0.15) is 13.2 Å². The lowest BCUT2D eigenvalue weighted by Crippen LogP contribution is -2.45. The summed E-state index contributed by atoms with van der Waals surface area (Å²) in [7, 11) is 0. The van der Waals surface area contributed by atoms with Gasteiger partial charge >= 0.3 is 18.1 Å². The number of alkyl halides is 3. The van der Waals surface area contributed by atoms with Crippen LogP contribution in [0.5, 0.6) is 5.75 Å². The molecule has 11 heteroatoms. The van der Waals surface area contributed by atoms with Crippen LogP contribution in [0.25, 0.3) is 11.1 Å². The maximum Gasteiger partial charge on any atom is 0.416 e. The first-order valence-corrected chi connectivity index (χ1v) is 16.0. The van der Waals surface area contributed by atoms with Gasteiger partial charge < -0.3 is 24.3 Å². The van der Waals surface area contributed by atoms with Crippen LogP contribution in [0, 0.1) is 0 Å². The Morgan fingerprint density at radius 2 is 1.40 bits per heavy atom. The summed E-state index contributed by atoms with van der Waals surface area (Å²) in [5.41, 5.74) is 0.0248. The Labute approximate surface area is 288 Å². The first kappa shape index (κ1) is 37.2. The third-order valence-corrected chi connectivity index (χ3v) is 7.77. The molecule has 0 bridgehead atoms. The molecule has 0 aliphatic carbocycles. The number of halogens is 3. The minimum absolute atomic E-state index is 0.0797. The van der Waals surface area contributed by atoms with Crippen molar-refractivity contribution < 1.29 is 46.5 Å². The molecule has 4 rings (SSSR count). The number of amides is 1. The number of carbonyl (C=O) groups is 3. The summed E-state index contributed by atoms with van der Waals surface area (Å²) < 4.78 is 61.8. The Balaban J connectivity index is 1.54. The predicted octanol–water partition coefficient (Wildman–Crippen LogP) is 8.16. The van der Waals surface area contributed by atoms with Gasteiger partial charge in [-0.25, -0.2) is 0 Å². The number of nitrogens with one attached hydrogen (secondary N) is 1. The number of hydrogen-bond acceptors (Lipinski definition) is 7. The van der Waals surface area contributed by atoms with Crippen LogP contribution in [0.1, 0.15) is 47.8 Å². The van der Waals surface area contributed by atoms with E-state index in [1.807, 2.05) is 0 Å². The van der Waals surface area contributed by atoms with Crippen molar-refractivity contribution in [1.29, 1.82) is 0 Å². The zero-order valence-electron chi connectivity index (χ0n) is 28.0. The maximum atomic E-state index is 13.5. The highest BCUT2D eigenvalue weighted by Crippen LogP contribution is 2.36. The third-order valence-electron chi connectivity index (χ3n) is 7.77. The van der Waals surface area contributed by atoms with Gasteiger partial charge in [0.05, 0.1) is 37.5 Å². The van der Waals surface area contributed by atoms with Gasteiger partial charge in [0, 0.05) is 5.56 Å². The van der Waals surface area contributed by atoms with E-state index in [-0.39, 0.29) is 43.3 Å². The summed E-state index contributed by atoms with van der Waals surface area (Å²) in [4.78, 5) is 40.1. The molecule has 0 spiro atoms. The molecule has 1 atom stereocenters. The lowest BCUT2D eigenvalue weighted by atomic mass is 9.79. The summed E-state index contributed by atoms with van der Waals surface area (Å²) in [6, 6.07) is 24.6. The Kier molecular flexibility index (Phi) is 12.4. The fourth-order valence-corrected chi connectivity index (χ4v) is 5.31. The van der Waals surface area contributed by atoms with Gasteiger partial charge in [-0.1, -0.05) is 73.3 Å². The highest BCUT2D eigenvalue weighted by molar-refractivity contribution is 6.09. The van der Waals surface area contributed by atoms with E-state index in [0.29, 0.717) is 27.9 Å². The molecule has 0 fully saturated rings. The van der Waals surface area contributed by atoms with Crippen LogP contribution in [0.3, 0.4) is 0 Å². The van der Waals surface area contributed by atoms with E-state index in [2.05, 4.69) is 11.9 Å². The summed E-state index contributed by atoms with van der Waals surface area (Å²) in [5.74, 6) is -1.47. The number of ether oxygens (including phenoxy) is 4. The first-order chi connectivity index (χ1) is 23.9. The van der Waals surface area contributed by atoms with E-state index in [9.17, 15) is 27.6 Å². The third kappa shape index (κ3) is 8.71. The lowest BCUT2D eigenvalue weighted by molar-refractivity contribution is -0.157. The van der Waals surface area contributed by atoms with Crippen molar-refractivity contribution in [2.45, 2.75) is 38.8 Å². The second-order valence-electron chi connectivity index (χ2n) is 11.0.